The normalized spacial score (nSPS) is 18.6. The number of nitrogens with one attached hydrogen (secondary N) is 4. The number of anilines is 5. The molecule has 8 aromatic heterocycles. The van der Waals surface area contributed by atoms with Gasteiger partial charge in [0.2, 0.25) is 20.5 Å². The van der Waals surface area contributed by atoms with Gasteiger partial charge in [0.25, 0.3) is 0 Å². The third-order valence-corrected chi connectivity index (χ3v) is 26.8. The van der Waals surface area contributed by atoms with Crippen molar-refractivity contribution >= 4 is 118 Å². The molecule has 0 unspecified atom stereocenters. The highest BCUT2D eigenvalue weighted by Gasteiger charge is 2.44. The monoisotopic (exact) mass is 1740 g/mol. The molecule has 117 heavy (non-hydrogen) atoms. The highest BCUT2D eigenvalue weighted by atomic mass is 35.5. The molecule has 36 heteroatoms. The lowest BCUT2D eigenvalue weighted by Crippen LogP contribution is -2.61. The smallest absolute Gasteiger partial charge is 0.208 e. The fourth-order valence-corrected chi connectivity index (χ4v) is 22.4. The van der Waals surface area contributed by atoms with Gasteiger partial charge in [0, 0.05) is 131 Å². The average molecular weight is 1740 g/mol. The van der Waals surface area contributed by atoms with Gasteiger partial charge >= 0.3 is 0 Å². The van der Waals surface area contributed by atoms with Crippen LogP contribution >= 0.6 is 91.8 Å². The Balaban J connectivity index is 0.000000135. The van der Waals surface area contributed by atoms with Crippen LogP contribution in [0.25, 0.3) is 65.0 Å². The molecule has 12 aromatic rings. The van der Waals surface area contributed by atoms with Crippen molar-refractivity contribution in [1.29, 1.82) is 0 Å². The predicted molar refractivity (Wildman–Crippen MR) is 479 cm³/mol. The van der Waals surface area contributed by atoms with Crippen LogP contribution in [0.1, 0.15) is 162 Å². The lowest BCUT2D eigenvalue weighted by molar-refractivity contribution is 0.160. The molecule has 0 spiro atoms. The number of rotatable bonds is 16. The zero-order valence-corrected chi connectivity index (χ0v) is 76.3. The second-order valence-corrected chi connectivity index (χ2v) is 41.6. The van der Waals surface area contributed by atoms with Gasteiger partial charge in [0.15, 0.2) is 20.0 Å². The van der Waals surface area contributed by atoms with Gasteiger partial charge in [-0.25, -0.2) is 19.0 Å². The molecule has 4 aliphatic rings. The van der Waals surface area contributed by atoms with Crippen LogP contribution in [0.2, 0.25) is 20.1 Å². The molecular formula is C81H106Cl4N28S4. The SMILES string of the molecule is CN(c1nnc(-c2ccc(-n3ccc(N)n3)cc2Cl)s1)C1CC(C)(C)NC(C)(C)C1.CN(c1nnc(-c2ccc(-n3ccnn3)cc2Cl)s1)C1CC(C)(C)NC(C)(C)C1.CN(c1nnc(-c2ccc(-n3cncn3)cc2Cl)s1)C1CC(C)(C)NC(C)(C)C1.CN(c1nnc(-c2ccc(-n3nccn3)cc2Cl)s1)C1CC(C)(C)NC(C)(C)C1. The van der Waals surface area contributed by atoms with Crippen molar-refractivity contribution in [3.63, 3.8) is 0 Å². The van der Waals surface area contributed by atoms with E-state index in [9.17, 15) is 0 Å². The first kappa shape index (κ1) is 86.6. The zero-order valence-electron chi connectivity index (χ0n) is 70.0. The topological polar surface area (TPSA) is 300 Å². The highest BCUT2D eigenvalue weighted by molar-refractivity contribution is 7.19. The molecule has 0 radical (unpaired) electrons. The maximum Gasteiger partial charge on any atom is 0.208 e. The van der Waals surface area contributed by atoms with Gasteiger partial charge in [0.05, 0.1) is 67.6 Å². The Morgan fingerprint density at radius 3 is 0.940 bits per heavy atom. The number of hydrogen-bond donors (Lipinski definition) is 5. The summed E-state index contributed by atoms with van der Waals surface area (Å²) in [5, 5.41) is 84.3. The fraction of sp³-hybridized carbons (Fsp3) is 0.494. The molecule has 622 valence electrons. The van der Waals surface area contributed by atoms with Crippen LogP contribution < -0.4 is 46.6 Å². The van der Waals surface area contributed by atoms with Crippen molar-refractivity contribution in [2.24, 2.45) is 0 Å². The van der Waals surface area contributed by atoms with E-state index in [2.05, 4.69) is 256 Å². The number of piperidine rings is 4. The summed E-state index contributed by atoms with van der Waals surface area (Å²) in [5.74, 6) is 0.469. The molecule has 12 heterocycles. The molecule has 16 rings (SSSR count). The minimum Gasteiger partial charge on any atom is -0.382 e. The first-order valence-electron chi connectivity index (χ1n) is 39.0. The van der Waals surface area contributed by atoms with E-state index in [1.165, 1.54) is 11.1 Å². The number of aromatic nitrogens is 19. The number of halogens is 4. The van der Waals surface area contributed by atoms with Gasteiger partial charge in [-0.05, 0) is 235 Å². The molecule has 0 saturated carbocycles. The Kier molecular flexibility index (Phi) is 25.2. The largest absolute Gasteiger partial charge is 0.382 e. The number of benzene rings is 4. The fourth-order valence-electron chi connectivity index (χ4n) is 17.4. The van der Waals surface area contributed by atoms with Gasteiger partial charge < -0.3 is 46.6 Å². The summed E-state index contributed by atoms with van der Waals surface area (Å²) in [7, 11) is 8.45. The van der Waals surface area contributed by atoms with Crippen LogP contribution in [-0.4, -0.2) is 192 Å². The Morgan fingerprint density at radius 2 is 0.667 bits per heavy atom. The molecule has 4 saturated heterocycles. The van der Waals surface area contributed by atoms with Gasteiger partial charge in [-0.2, -0.15) is 25.2 Å². The number of nitrogens with zero attached hydrogens (tertiary/aromatic N) is 23. The molecule has 4 aliphatic heterocycles. The molecule has 0 bridgehead atoms. The summed E-state index contributed by atoms with van der Waals surface area (Å²) in [6, 6.07) is 26.4. The maximum atomic E-state index is 6.58. The van der Waals surface area contributed by atoms with Crippen LogP contribution in [0.15, 0.2) is 123 Å². The van der Waals surface area contributed by atoms with Crippen molar-refractivity contribution in [1.82, 2.24) is 117 Å². The van der Waals surface area contributed by atoms with Crippen LogP contribution in [0.5, 0.6) is 0 Å². The molecule has 28 nitrogen and oxygen atoms in total. The van der Waals surface area contributed by atoms with Crippen LogP contribution in [0.4, 0.5) is 26.3 Å². The van der Waals surface area contributed by atoms with E-state index in [4.69, 9.17) is 52.1 Å². The lowest BCUT2D eigenvalue weighted by atomic mass is 9.79. The van der Waals surface area contributed by atoms with Crippen molar-refractivity contribution in [3.8, 4) is 65.0 Å². The van der Waals surface area contributed by atoms with Crippen molar-refractivity contribution in [2.75, 3.05) is 53.5 Å². The summed E-state index contributed by atoms with van der Waals surface area (Å²) >= 11 is 32.5. The van der Waals surface area contributed by atoms with Gasteiger partial charge in [-0.1, -0.05) is 97.0 Å². The molecule has 0 aliphatic carbocycles. The van der Waals surface area contributed by atoms with Gasteiger partial charge in [0.1, 0.15) is 18.5 Å². The van der Waals surface area contributed by atoms with E-state index in [0.29, 0.717) is 50.1 Å². The van der Waals surface area contributed by atoms with Crippen LogP contribution in [0, 0.1) is 0 Å². The Morgan fingerprint density at radius 1 is 0.368 bits per heavy atom. The van der Waals surface area contributed by atoms with E-state index >= 15 is 0 Å². The van der Waals surface area contributed by atoms with Gasteiger partial charge in [-0.3, -0.25) is 0 Å². The number of nitrogen functional groups attached to an aromatic ring is 1. The molecule has 4 fully saturated rings. The van der Waals surface area contributed by atoms with E-state index in [1.54, 1.807) is 103 Å². The molecule has 6 N–H and O–H groups in total. The predicted octanol–water partition coefficient (Wildman–Crippen LogP) is 16.9. The summed E-state index contributed by atoms with van der Waals surface area (Å²) in [6.07, 6.45) is 20.0. The number of hydrogen-bond acceptors (Lipinski definition) is 28. The minimum absolute atomic E-state index is 0.0726. The second kappa shape index (κ2) is 34.1. The van der Waals surface area contributed by atoms with E-state index in [0.717, 1.165) is 137 Å². The first-order valence-corrected chi connectivity index (χ1v) is 43.7. The van der Waals surface area contributed by atoms with Crippen molar-refractivity contribution in [3.05, 3.63) is 143 Å². The summed E-state index contributed by atoms with van der Waals surface area (Å²) in [6.45, 7) is 36.2. The molecule has 4 aromatic carbocycles. The third kappa shape index (κ3) is 21.3. The Bertz CT molecular complexity index is 4900. The summed E-state index contributed by atoms with van der Waals surface area (Å²) in [5.41, 5.74) is 13.2. The number of nitrogens with two attached hydrogens (primary N) is 1. The van der Waals surface area contributed by atoms with E-state index < -0.39 is 0 Å². The summed E-state index contributed by atoms with van der Waals surface area (Å²) in [4.78, 5) is 14.6. The zero-order chi connectivity index (χ0) is 84.1. The average Bonchev–Trinajstić information content (AvgIpc) is 1.78. The quantitative estimate of drug-likeness (QED) is 0.0600. The van der Waals surface area contributed by atoms with E-state index in [1.807, 2.05) is 72.8 Å². The van der Waals surface area contributed by atoms with Crippen LogP contribution in [-0.2, 0) is 0 Å². The van der Waals surface area contributed by atoms with E-state index in [-0.39, 0.29) is 44.3 Å². The standard InChI is InChI=1S/C21H28ClN7S.3C20H26ClN7S/c1-20(2)11-14(12-21(3,4)27-20)28(5)19-25-24-18(30-19)15-7-6-13(10-16(15)22)29-9-8-17(23)26-29;1-19(2)9-14(10-20(3,4)26-19)27(5)18-25-24-17(29-18)15-7-6-13(8-16(15)21)28-12-22-11-23-28;1-19(2)11-14(12-20(3,4)25-19)27(5)18-24-23-17(29-18)15-7-6-13(10-16(15)21)28-9-8-22-26-28;1-19(2)11-14(12-20(3,4)26-19)27(5)18-25-24-17(29-18)15-7-6-13(10-16(15)21)28-22-8-9-23-28/h6-10,14,27H,11-12H2,1-5H3,(H2,23,26);6-8,11-12,14,26H,9-10H2,1-5H3;6-10,14,25H,11-12H2,1-5H3;6-10,14,26H,11-12H2,1-5H3. The first-order chi connectivity index (χ1) is 54.9. The molecule has 0 atom stereocenters. The lowest BCUT2D eigenvalue weighted by Gasteiger charge is -2.48. The third-order valence-electron chi connectivity index (χ3n) is 21.4. The Hall–Kier alpha value is -8.25. The Labute approximate surface area is 721 Å². The van der Waals surface area contributed by atoms with Crippen molar-refractivity contribution < 1.29 is 0 Å². The van der Waals surface area contributed by atoms with Gasteiger partial charge in [-0.15, -0.1) is 45.9 Å². The molecular weight excluding hydrogens is 1640 g/mol. The molecule has 0 amide bonds. The van der Waals surface area contributed by atoms with Crippen LogP contribution in [0.3, 0.4) is 0 Å². The highest BCUT2D eigenvalue weighted by Crippen LogP contribution is 2.44. The van der Waals surface area contributed by atoms with Crippen molar-refractivity contribution in [2.45, 2.75) is 231 Å². The summed E-state index contributed by atoms with van der Waals surface area (Å²) < 4.78 is 5.05. The maximum absolute atomic E-state index is 6.58. The second-order valence-electron chi connectivity index (χ2n) is 36.2. The minimum atomic E-state index is 0.0726.